The zero-order valence-electron chi connectivity index (χ0n) is 8.74. The van der Waals surface area contributed by atoms with E-state index in [0.29, 0.717) is 18.0 Å². The maximum Gasteiger partial charge on any atom is 0.239 e. The van der Waals surface area contributed by atoms with E-state index in [2.05, 4.69) is 20.5 Å². The number of H-pyrrole nitrogens is 1. The highest BCUT2D eigenvalue weighted by Crippen LogP contribution is 2.38. The van der Waals surface area contributed by atoms with Crippen molar-refractivity contribution in [1.29, 1.82) is 0 Å². The van der Waals surface area contributed by atoms with Crippen molar-refractivity contribution in [1.82, 2.24) is 20.5 Å². The first-order valence-corrected chi connectivity index (χ1v) is 5.77. The minimum absolute atomic E-state index is 0.336. The largest absolute Gasteiger partial charge is 0.367 e. The van der Waals surface area contributed by atoms with Gasteiger partial charge in [-0.15, -0.1) is 5.10 Å². The number of aromatic nitrogens is 3. The molecule has 0 aromatic carbocycles. The van der Waals surface area contributed by atoms with E-state index in [1.54, 1.807) is 0 Å². The number of hydrogen-bond acceptors (Lipinski definition) is 4. The van der Waals surface area contributed by atoms with Crippen LogP contribution < -0.4 is 11.1 Å². The summed E-state index contributed by atoms with van der Waals surface area (Å²) in [4.78, 5) is 4.20. The maximum atomic E-state index is 5.51. The Morgan fingerprint density at radius 1 is 1.27 bits per heavy atom. The number of aromatic amines is 1. The zero-order valence-corrected chi connectivity index (χ0v) is 8.74. The first-order chi connectivity index (χ1) is 7.33. The Bertz CT molecular complexity index is 333. The fourth-order valence-corrected chi connectivity index (χ4v) is 2.97. The monoisotopic (exact) mass is 207 g/mol. The molecule has 1 aliphatic carbocycles. The topological polar surface area (TPSA) is 79.6 Å². The Labute approximate surface area is 88.8 Å². The molecule has 5 heteroatoms. The van der Waals surface area contributed by atoms with Crippen molar-refractivity contribution >= 4 is 5.95 Å². The van der Waals surface area contributed by atoms with E-state index >= 15 is 0 Å². The summed E-state index contributed by atoms with van der Waals surface area (Å²) < 4.78 is 0. The molecule has 1 saturated heterocycles. The van der Waals surface area contributed by atoms with Gasteiger partial charge < -0.3 is 11.1 Å². The van der Waals surface area contributed by atoms with Gasteiger partial charge in [-0.1, -0.05) is 12.8 Å². The molecular formula is C10H17N5. The lowest BCUT2D eigenvalue weighted by Gasteiger charge is -2.24. The molecule has 0 spiro atoms. The van der Waals surface area contributed by atoms with Crippen LogP contribution in [0.25, 0.3) is 0 Å². The van der Waals surface area contributed by atoms with Gasteiger partial charge in [-0.25, -0.2) is 0 Å². The molecule has 2 fully saturated rings. The Balaban J connectivity index is 1.74. The van der Waals surface area contributed by atoms with E-state index in [1.165, 1.54) is 32.1 Å². The van der Waals surface area contributed by atoms with Gasteiger partial charge in [-0.3, -0.25) is 5.10 Å². The van der Waals surface area contributed by atoms with Crippen molar-refractivity contribution in [2.75, 3.05) is 5.73 Å². The third-order valence-corrected chi connectivity index (χ3v) is 3.71. The fourth-order valence-electron chi connectivity index (χ4n) is 2.97. The SMILES string of the molecule is Nc1n[nH]c(C2CC3CCCCC3N2)n1. The van der Waals surface area contributed by atoms with Crippen LogP contribution in [-0.4, -0.2) is 21.2 Å². The van der Waals surface area contributed by atoms with Crippen molar-refractivity contribution in [3.05, 3.63) is 5.82 Å². The van der Waals surface area contributed by atoms with Gasteiger partial charge in [-0.2, -0.15) is 4.98 Å². The quantitative estimate of drug-likeness (QED) is 0.641. The lowest BCUT2D eigenvalue weighted by Crippen LogP contribution is -2.30. The second-order valence-corrected chi connectivity index (χ2v) is 4.68. The number of nitrogens with two attached hydrogens (primary N) is 1. The maximum absolute atomic E-state index is 5.51. The summed E-state index contributed by atoms with van der Waals surface area (Å²) >= 11 is 0. The Morgan fingerprint density at radius 2 is 2.13 bits per heavy atom. The van der Waals surface area contributed by atoms with Crippen molar-refractivity contribution < 1.29 is 0 Å². The van der Waals surface area contributed by atoms with Gasteiger partial charge in [0.05, 0.1) is 6.04 Å². The molecule has 15 heavy (non-hydrogen) atoms. The van der Waals surface area contributed by atoms with Crippen molar-refractivity contribution in [3.8, 4) is 0 Å². The van der Waals surface area contributed by atoms with Gasteiger partial charge in [0.15, 0.2) is 0 Å². The first kappa shape index (κ1) is 9.15. The van der Waals surface area contributed by atoms with E-state index in [9.17, 15) is 0 Å². The second-order valence-electron chi connectivity index (χ2n) is 4.68. The van der Waals surface area contributed by atoms with E-state index in [1.807, 2.05) is 0 Å². The highest BCUT2D eigenvalue weighted by atomic mass is 15.3. The molecular weight excluding hydrogens is 190 g/mol. The average molecular weight is 207 g/mol. The van der Waals surface area contributed by atoms with Gasteiger partial charge in [0.2, 0.25) is 5.95 Å². The molecule has 1 saturated carbocycles. The van der Waals surface area contributed by atoms with Gasteiger partial charge in [0, 0.05) is 6.04 Å². The number of nitrogens with zero attached hydrogens (tertiary/aromatic N) is 2. The Morgan fingerprint density at radius 3 is 2.87 bits per heavy atom. The standard InChI is InChI=1S/C10H17N5/c11-10-13-9(14-15-10)8-5-6-3-1-2-4-7(6)12-8/h6-8,12H,1-5H2,(H3,11,13,14,15). The van der Waals surface area contributed by atoms with Crippen LogP contribution in [0.3, 0.4) is 0 Å². The summed E-state index contributed by atoms with van der Waals surface area (Å²) in [5, 5.41) is 10.4. The van der Waals surface area contributed by atoms with Crippen LogP contribution in [0.15, 0.2) is 0 Å². The van der Waals surface area contributed by atoms with Crippen LogP contribution >= 0.6 is 0 Å². The molecule has 2 heterocycles. The van der Waals surface area contributed by atoms with E-state index in [0.717, 1.165) is 11.7 Å². The van der Waals surface area contributed by atoms with Crippen LogP contribution in [0, 0.1) is 5.92 Å². The van der Waals surface area contributed by atoms with E-state index in [4.69, 9.17) is 5.73 Å². The zero-order chi connectivity index (χ0) is 10.3. The van der Waals surface area contributed by atoms with Crippen molar-refractivity contribution in [2.24, 2.45) is 5.92 Å². The normalized spacial score (nSPS) is 35.3. The van der Waals surface area contributed by atoms with Crippen LogP contribution in [0.5, 0.6) is 0 Å². The molecule has 3 atom stereocenters. The van der Waals surface area contributed by atoms with Gasteiger partial charge in [-0.05, 0) is 25.2 Å². The molecule has 3 unspecified atom stereocenters. The highest BCUT2D eigenvalue weighted by molar-refractivity contribution is 5.15. The van der Waals surface area contributed by atoms with Gasteiger partial charge in [0.1, 0.15) is 5.82 Å². The Kier molecular flexibility index (Phi) is 2.12. The smallest absolute Gasteiger partial charge is 0.239 e. The lowest BCUT2D eigenvalue weighted by molar-refractivity contribution is 0.325. The second kappa shape index (κ2) is 3.48. The number of hydrogen-bond donors (Lipinski definition) is 3. The number of nitrogen functional groups attached to an aromatic ring is 1. The molecule has 1 aromatic rings. The van der Waals surface area contributed by atoms with Crippen LogP contribution in [-0.2, 0) is 0 Å². The molecule has 0 bridgehead atoms. The molecule has 2 aliphatic rings. The predicted octanol–water partition coefficient (Wildman–Crippen LogP) is 0.980. The summed E-state index contributed by atoms with van der Waals surface area (Å²) in [6, 6.07) is 1.03. The molecule has 1 aromatic heterocycles. The highest BCUT2D eigenvalue weighted by Gasteiger charge is 2.36. The van der Waals surface area contributed by atoms with Crippen LogP contribution in [0.4, 0.5) is 5.95 Å². The predicted molar refractivity (Wildman–Crippen MR) is 57.0 cm³/mol. The number of anilines is 1. The minimum atomic E-state index is 0.336. The van der Waals surface area contributed by atoms with Crippen LogP contribution in [0.2, 0.25) is 0 Å². The number of nitrogens with one attached hydrogen (secondary N) is 2. The first-order valence-electron chi connectivity index (χ1n) is 5.77. The fraction of sp³-hybridized carbons (Fsp3) is 0.800. The molecule has 0 amide bonds. The third-order valence-electron chi connectivity index (χ3n) is 3.71. The molecule has 82 valence electrons. The lowest BCUT2D eigenvalue weighted by atomic mass is 9.85. The van der Waals surface area contributed by atoms with Gasteiger partial charge >= 0.3 is 0 Å². The molecule has 3 rings (SSSR count). The molecule has 4 N–H and O–H groups in total. The third kappa shape index (κ3) is 1.61. The number of fused-ring (bicyclic) bond motifs is 1. The molecule has 1 aliphatic heterocycles. The molecule has 5 nitrogen and oxygen atoms in total. The van der Waals surface area contributed by atoms with E-state index in [-0.39, 0.29) is 0 Å². The summed E-state index contributed by atoms with van der Waals surface area (Å²) in [6.07, 6.45) is 6.59. The van der Waals surface area contributed by atoms with Crippen molar-refractivity contribution in [2.45, 2.75) is 44.2 Å². The summed E-state index contributed by atoms with van der Waals surface area (Å²) in [5.74, 6) is 2.08. The average Bonchev–Trinajstić information content (AvgIpc) is 2.82. The summed E-state index contributed by atoms with van der Waals surface area (Å²) in [6.45, 7) is 0. The van der Waals surface area contributed by atoms with Gasteiger partial charge in [0.25, 0.3) is 0 Å². The van der Waals surface area contributed by atoms with Crippen LogP contribution in [0.1, 0.15) is 44.0 Å². The minimum Gasteiger partial charge on any atom is -0.367 e. The molecule has 0 radical (unpaired) electrons. The van der Waals surface area contributed by atoms with Crippen molar-refractivity contribution in [3.63, 3.8) is 0 Å². The Hall–Kier alpha value is -1.10. The van der Waals surface area contributed by atoms with E-state index < -0.39 is 0 Å². The number of rotatable bonds is 1. The summed E-state index contributed by atoms with van der Waals surface area (Å²) in [5.41, 5.74) is 5.51. The summed E-state index contributed by atoms with van der Waals surface area (Å²) in [7, 11) is 0.